The van der Waals surface area contributed by atoms with E-state index in [2.05, 4.69) is 32.5 Å². The molecular weight excluding hydrogens is 354 g/mol. The number of anilines is 2. The Bertz CT molecular complexity index is 860. The Kier molecular flexibility index (Phi) is 6.26. The molecule has 1 aromatic carbocycles. The van der Waals surface area contributed by atoms with Crippen LogP contribution in [0.25, 0.3) is 0 Å². The van der Waals surface area contributed by atoms with Gasteiger partial charge in [0, 0.05) is 62.7 Å². The molecule has 2 heterocycles. The second-order valence-corrected chi connectivity index (χ2v) is 7.17. The number of nitrogens with zero attached hydrogens (tertiary/aromatic N) is 3. The fraction of sp³-hybridized carbons (Fsp3) is 0.381. The molecule has 2 amide bonds. The zero-order valence-corrected chi connectivity index (χ0v) is 16.7. The highest BCUT2D eigenvalue weighted by Gasteiger charge is 2.18. The van der Waals surface area contributed by atoms with Crippen LogP contribution in [0, 0.1) is 6.92 Å². The Morgan fingerprint density at radius 3 is 2.57 bits per heavy atom. The number of aryl methyl sites for hydroxylation is 1. The van der Waals surface area contributed by atoms with Crippen LogP contribution in [0.2, 0.25) is 0 Å². The van der Waals surface area contributed by atoms with Gasteiger partial charge in [0.2, 0.25) is 5.91 Å². The smallest absolute Gasteiger partial charge is 0.251 e. The average molecular weight is 381 g/mol. The lowest BCUT2D eigenvalue weighted by atomic mass is 10.1. The van der Waals surface area contributed by atoms with E-state index >= 15 is 0 Å². The van der Waals surface area contributed by atoms with Crippen LogP contribution in [0.15, 0.2) is 36.5 Å². The van der Waals surface area contributed by atoms with Gasteiger partial charge in [-0.2, -0.15) is 0 Å². The molecule has 1 fully saturated rings. The summed E-state index contributed by atoms with van der Waals surface area (Å²) in [6.45, 7) is 7.61. The Morgan fingerprint density at radius 1 is 1.14 bits per heavy atom. The second kappa shape index (κ2) is 8.84. The highest BCUT2D eigenvalue weighted by atomic mass is 16.2. The number of benzene rings is 1. The predicted molar refractivity (Wildman–Crippen MR) is 111 cm³/mol. The molecule has 1 aromatic heterocycles. The first-order valence-corrected chi connectivity index (χ1v) is 9.48. The number of pyridine rings is 1. The van der Waals surface area contributed by atoms with Gasteiger partial charge in [0.05, 0.1) is 0 Å². The molecule has 148 valence electrons. The minimum atomic E-state index is -0.148. The fourth-order valence-electron chi connectivity index (χ4n) is 3.28. The molecule has 7 nitrogen and oxygen atoms in total. The standard InChI is InChI=1S/C21H27N5O2/c1-15-13-17(6-7-19(15)24-16(2)27)21(28)23-14-18-5-4-8-22-20(18)26-11-9-25(3)10-12-26/h4-8,13H,9-12,14H2,1-3H3,(H,23,28)(H,24,27). The average Bonchev–Trinajstić information content (AvgIpc) is 2.68. The summed E-state index contributed by atoms with van der Waals surface area (Å²) in [5, 5.41) is 5.74. The van der Waals surface area contributed by atoms with E-state index in [1.54, 1.807) is 24.4 Å². The van der Waals surface area contributed by atoms with Gasteiger partial charge in [-0.15, -0.1) is 0 Å². The molecule has 1 aliphatic heterocycles. The van der Waals surface area contributed by atoms with Crippen molar-refractivity contribution in [1.29, 1.82) is 0 Å². The number of likely N-dealkylation sites (N-methyl/N-ethyl adjacent to an activating group) is 1. The van der Waals surface area contributed by atoms with Crippen molar-refractivity contribution in [2.75, 3.05) is 43.4 Å². The minimum absolute atomic E-state index is 0.131. The van der Waals surface area contributed by atoms with Crippen LogP contribution < -0.4 is 15.5 Å². The number of piperazine rings is 1. The summed E-state index contributed by atoms with van der Waals surface area (Å²) in [4.78, 5) is 32.9. The Balaban J connectivity index is 1.67. The molecule has 1 aliphatic rings. The van der Waals surface area contributed by atoms with Crippen molar-refractivity contribution < 1.29 is 9.59 Å². The molecule has 0 bridgehead atoms. The first-order chi connectivity index (χ1) is 13.4. The first-order valence-electron chi connectivity index (χ1n) is 9.48. The number of carbonyl (C=O) groups is 2. The summed E-state index contributed by atoms with van der Waals surface area (Å²) in [7, 11) is 2.12. The summed E-state index contributed by atoms with van der Waals surface area (Å²) in [6, 6.07) is 9.16. The van der Waals surface area contributed by atoms with Crippen LogP contribution in [-0.2, 0) is 11.3 Å². The molecule has 2 N–H and O–H groups in total. The molecule has 1 saturated heterocycles. The van der Waals surface area contributed by atoms with Crippen LogP contribution in [0.1, 0.15) is 28.4 Å². The van der Waals surface area contributed by atoms with E-state index in [4.69, 9.17) is 0 Å². The monoisotopic (exact) mass is 381 g/mol. The SMILES string of the molecule is CC(=O)Nc1ccc(C(=O)NCc2cccnc2N2CCN(C)CC2)cc1C. The molecule has 28 heavy (non-hydrogen) atoms. The van der Waals surface area contributed by atoms with Crippen molar-refractivity contribution in [3.63, 3.8) is 0 Å². The van der Waals surface area contributed by atoms with E-state index in [9.17, 15) is 9.59 Å². The maximum atomic E-state index is 12.6. The van der Waals surface area contributed by atoms with Crippen molar-refractivity contribution in [2.24, 2.45) is 0 Å². The number of hydrogen-bond acceptors (Lipinski definition) is 5. The predicted octanol–water partition coefficient (Wildman–Crippen LogP) is 2.03. The van der Waals surface area contributed by atoms with Crippen molar-refractivity contribution in [1.82, 2.24) is 15.2 Å². The molecule has 0 spiro atoms. The van der Waals surface area contributed by atoms with E-state index < -0.39 is 0 Å². The summed E-state index contributed by atoms with van der Waals surface area (Å²) in [5.74, 6) is 0.659. The van der Waals surface area contributed by atoms with Crippen LogP contribution in [0.3, 0.4) is 0 Å². The Hall–Kier alpha value is -2.93. The number of carbonyl (C=O) groups excluding carboxylic acids is 2. The van der Waals surface area contributed by atoms with Gasteiger partial charge >= 0.3 is 0 Å². The topological polar surface area (TPSA) is 77.6 Å². The van der Waals surface area contributed by atoms with Gasteiger partial charge in [-0.25, -0.2) is 4.98 Å². The number of hydrogen-bond donors (Lipinski definition) is 2. The molecule has 3 rings (SSSR count). The Labute approximate surface area is 165 Å². The molecular formula is C21H27N5O2. The van der Waals surface area contributed by atoms with Crippen molar-refractivity contribution >= 4 is 23.3 Å². The number of amides is 2. The van der Waals surface area contributed by atoms with Gasteiger partial charge in [0.25, 0.3) is 5.91 Å². The molecule has 7 heteroatoms. The zero-order valence-electron chi connectivity index (χ0n) is 16.7. The van der Waals surface area contributed by atoms with Crippen molar-refractivity contribution in [3.8, 4) is 0 Å². The first kappa shape index (κ1) is 19.8. The van der Waals surface area contributed by atoms with E-state index in [0.29, 0.717) is 17.8 Å². The van der Waals surface area contributed by atoms with E-state index in [0.717, 1.165) is 43.1 Å². The summed E-state index contributed by atoms with van der Waals surface area (Å²) < 4.78 is 0. The maximum Gasteiger partial charge on any atom is 0.251 e. The maximum absolute atomic E-state index is 12.6. The van der Waals surface area contributed by atoms with Crippen LogP contribution in [0.5, 0.6) is 0 Å². The summed E-state index contributed by atoms with van der Waals surface area (Å²) in [6.07, 6.45) is 1.79. The highest BCUT2D eigenvalue weighted by Crippen LogP contribution is 2.20. The quantitative estimate of drug-likeness (QED) is 0.829. The van der Waals surface area contributed by atoms with E-state index in [1.807, 2.05) is 19.1 Å². The molecule has 0 radical (unpaired) electrons. The van der Waals surface area contributed by atoms with Gasteiger partial charge in [-0.1, -0.05) is 6.07 Å². The third-order valence-electron chi connectivity index (χ3n) is 4.91. The highest BCUT2D eigenvalue weighted by molar-refractivity contribution is 5.96. The van der Waals surface area contributed by atoms with Gasteiger partial charge in [0.15, 0.2) is 0 Å². The molecule has 0 unspecified atom stereocenters. The fourth-order valence-corrected chi connectivity index (χ4v) is 3.28. The molecule has 2 aromatic rings. The summed E-state index contributed by atoms with van der Waals surface area (Å²) >= 11 is 0. The minimum Gasteiger partial charge on any atom is -0.354 e. The number of nitrogens with one attached hydrogen (secondary N) is 2. The largest absolute Gasteiger partial charge is 0.354 e. The number of aromatic nitrogens is 1. The van der Waals surface area contributed by atoms with Crippen LogP contribution >= 0.6 is 0 Å². The number of rotatable bonds is 5. The lowest BCUT2D eigenvalue weighted by Gasteiger charge is -2.34. The van der Waals surface area contributed by atoms with Gasteiger partial charge in [-0.3, -0.25) is 9.59 Å². The van der Waals surface area contributed by atoms with Gasteiger partial charge in [0.1, 0.15) is 5.82 Å². The normalized spacial score (nSPS) is 14.6. The van der Waals surface area contributed by atoms with Crippen LogP contribution in [0.4, 0.5) is 11.5 Å². The third-order valence-corrected chi connectivity index (χ3v) is 4.91. The summed E-state index contributed by atoms with van der Waals surface area (Å²) in [5.41, 5.74) is 3.14. The van der Waals surface area contributed by atoms with E-state index in [-0.39, 0.29) is 11.8 Å². The van der Waals surface area contributed by atoms with Crippen molar-refractivity contribution in [2.45, 2.75) is 20.4 Å². The Morgan fingerprint density at radius 2 is 1.89 bits per heavy atom. The lowest BCUT2D eigenvalue weighted by Crippen LogP contribution is -2.45. The third kappa shape index (κ3) is 4.86. The van der Waals surface area contributed by atoms with Gasteiger partial charge < -0.3 is 20.4 Å². The molecule has 0 aliphatic carbocycles. The molecule has 0 saturated carbocycles. The van der Waals surface area contributed by atoms with Crippen molar-refractivity contribution in [3.05, 3.63) is 53.2 Å². The lowest BCUT2D eigenvalue weighted by molar-refractivity contribution is -0.114. The molecule has 0 atom stereocenters. The van der Waals surface area contributed by atoms with E-state index in [1.165, 1.54) is 6.92 Å². The van der Waals surface area contributed by atoms with Gasteiger partial charge in [-0.05, 0) is 43.8 Å². The zero-order chi connectivity index (χ0) is 20.1. The second-order valence-electron chi connectivity index (χ2n) is 7.17. The van der Waals surface area contributed by atoms with Crippen LogP contribution in [-0.4, -0.2) is 54.9 Å².